The van der Waals surface area contributed by atoms with E-state index < -0.39 is 10.0 Å². The van der Waals surface area contributed by atoms with E-state index in [1.54, 1.807) is 28.6 Å². The molecular formula is C14H15NO3S. The summed E-state index contributed by atoms with van der Waals surface area (Å²) in [6, 6.07) is 8.60. The van der Waals surface area contributed by atoms with Crippen molar-refractivity contribution in [2.45, 2.75) is 42.0 Å². The molecule has 5 heteroatoms. The molecule has 0 unspecified atom stereocenters. The number of epoxide rings is 1. The minimum Gasteiger partial charge on any atom is -0.368 e. The van der Waals surface area contributed by atoms with Crippen molar-refractivity contribution >= 4 is 10.0 Å². The SMILES string of the molecule is O=S(=O)(c1ccccc1)N1[C@@H]2CC=C[C@H]1C[C@H]1O[C@@H]21. The number of nitrogens with zero attached hydrogens (tertiary/aromatic N) is 1. The highest BCUT2D eigenvalue weighted by Crippen LogP contribution is 2.44. The van der Waals surface area contributed by atoms with Gasteiger partial charge in [0.2, 0.25) is 10.0 Å². The van der Waals surface area contributed by atoms with Crippen LogP contribution in [0.1, 0.15) is 12.8 Å². The highest BCUT2D eigenvalue weighted by Gasteiger charge is 2.57. The number of fused-ring (bicyclic) bond motifs is 4. The predicted octanol–water partition coefficient (Wildman–Crippen LogP) is 1.55. The Kier molecular flexibility index (Phi) is 2.40. The third-order valence-electron chi connectivity index (χ3n) is 4.18. The molecule has 0 amide bonds. The van der Waals surface area contributed by atoms with Gasteiger partial charge in [0.25, 0.3) is 0 Å². The smallest absolute Gasteiger partial charge is 0.243 e. The zero-order valence-electron chi connectivity index (χ0n) is 10.3. The maximum absolute atomic E-state index is 12.8. The molecule has 3 aliphatic rings. The number of piperidine rings is 1. The first kappa shape index (κ1) is 11.6. The van der Waals surface area contributed by atoms with Crippen LogP contribution in [0.5, 0.6) is 0 Å². The van der Waals surface area contributed by atoms with Gasteiger partial charge in [0, 0.05) is 6.04 Å². The first-order valence-corrected chi connectivity index (χ1v) is 8.02. The van der Waals surface area contributed by atoms with Gasteiger partial charge in [-0.05, 0) is 25.0 Å². The number of hydrogen-bond donors (Lipinski definition) is 0. The summed E-state index contributed by atoms with van der Waals surface area (Å²) >= 11 is 0. The molecular weight excluding hydrogens is 262 g/mol. The first-order chi connectivity index (χ1) is 9.18. The molecule has 4 atom stereocenters. The molecule has 0 radical (unpaired) electrons. The quantitative estimate of drug-likeness (QED) is 0.608. The summed E-state index contributed by atoms with van der Waals surface area (Å²) in [5.41, 5.74) is 0. The molecule has 1 aromatic carbocycles. The van der Waals surface area contributed by atoms with E-state index in [4.69, 9.17) is 4.74 Å². The minimum absolute atomic E-state index is 0.0287. The van der Waals surface area contributed by atoms with Gasteiger partial charge in [-0.25, -0.2) is 8.42 Å². The number of rotatable bonds is 2. The second-order valence-corrected chi connectivity index (χ2v) is 7.16. The normalized spacial score (nSPS) is 36.8. The lowest BCUT2D eigenvalue weighted by molar-refractivity contribution is 0.216. The topological polar surface area (TPSA) is 49.9 Å². The summed E-state index contributed by atoms with van der Waals surface area (Å²) in [5.74, 6) is 0. The third-order valence-corrected chi connectivity index (χ3v) is 6.15. The van der Waals surface area contributed by atoms with E-state index in [1.165, 1.54) is 0 Å². The van der Waals surface area contributed by atoms with E-state index in [1.807, 2.05) is 12.1 Å². The molecule has 3 heterocycles. The zero-order valence-corrected chi connectivity index (χ0v) is 11.2. The van der Waals surface area contributed by atoms with E-state index in [2.05, 4.69) is 6.08 Å². The van der Waals surface area contributed by atoms with Crippen LogP contribution in [0.3, 0.4) is 0 Å². The molecule has 4 rings (SSSR count). The van der Waals surface area contributed by atoms with Crippen molar-refractivity contribution < 1.29 is 13.2 Å². The average molecular weight is 277 g/mol. The van der Waals surface area contributed by atoms with Gasteiger partial charge < -0.3 is 4.74 Å². The lowest BCUT2D eigenvalue weighted by atomic mass is 9.92. The molecule has 100 valence electrons. The summed E-state index contributed by atoms with van der Waals surface area (Å²) in [5, 5.41) is 0. The Bertz CT molecular complexity index is 625. The summed E-state index contributed by atoms with van der Waals surface area (Å²) in [6.07, 6.45) is 5.99. The van der Waals surface area contributed by atoms with E-state index in [-0.39, 0.29) is 24.3 Å². The lowest BCUT2D eigenvalue weighted by Crippen LogP contribution is -2.54. The van der Waals surface area contributed by atoms with Crippen LogP contribution in [0.4, 0.5) is 0 Å². The fourth-order valence-electron chi connectivity index (χ4n) is 3.26. The molecule has 0 aliphatic carbocycles. The standard InChI is InChI=1S/C14H15NO3S/c16-19(17,11-6-2-1-3-7-11)15-10-5-4-8-12(15)14-13(9-10)18-14/h1-7,10,12-14H,8-9H2/t10-,12+,13+,14-/m0/s1. The first-order valence-electron chi connectivity index (χ1n) is 6.58. The average Bonchev–Trinajstić information content (AvgIpc) is 3.18. The molecule has 2 fully saturated rings. The van der Waals surface area contributed by atoms with Crippen molar-refractivity contribution in [1.82, 2.24) is 4.31 Å². The highest BCUT2D eigenvalue weighted by molar-refractivity contribution is 7.89. The second-order valence-electron chi connectivity index (χ2n) is 5.32. The predicted molar refractivity (Wildman–Crippen MR) is 70.1 cm³/mol. The minimum atomic E-state index is -3.43. The van der Waals surface area contributed by atoms with Gasteiger partial charge in [0.05, 0.1) is 17.0 Å². The Balaban J connectivity index is 1.78. The molecule has 2 bridgehead atoms. The fourth-order valence-corrected chi connectivity index (χ4v) is 5.08. The van der Waals surface area contributed by atoms with Crippen LogP contribution >= 0.6 is 0 Å². The molecule has 3 aliphatic heterocycles. The van der Waals surface area contributed by atoms with Crippen molar-refractivity contribution in [3.8, 4) is 0 Å². The summed E-state index contributed by atoms with van der Waals surface area (Å²) in [4.78, 5) is 0.374. The van der Waals surface area contributed by atoms with E-state index in [0.717, 1.165) is 12.8 Å². The van der Waals surface area contributed by atoms with Crippen molar-refractivity contribution in [2.75, 3.05) is 0 Å². The van der Waals surface area contributed by atoms with Crippen LogP contribution in [-0.4, -0.2) is 37.0 Å². The van der Waals surface area contributed by atoms with Gasteiger partial charge in [-0.3, -0.25) is 0 Å². The van der Waals surface area contributed by atoms with Crippen molar-refractivity contribution in [3.05, 3.63) is 42.5 Å². The van der Waals surface area contributed by atoms with Gasteiger partial charge in [-0.15, -0.1) is 0 Å². The second kappa shape index (κ2) is 3.91. The molecule has 0 saturated carbocycles. The van der Waals surface area contributed by atoms with Crippen LogP contribution in [0.25, 0.3) is 0 Å². The van der Waals surface area contributed by atoms with Crippen LogP contribution in [-0.2, 0) is 14.8 Å². The maximum atomic E-state index is 12.8. The van der Waals surface area contributed by atoms with E-state index in [9.17, 15) is 8.42 Å². The molecule has 0 aromatic heterocycles. The third kappa shape index (κ3) is 1.69. The number of ether oxygens (including phenoxy) is 1. The number of benzene rings is 1. The zero-order chi connectivity index (χ0) is 13.0. The molecule has 4 nitrogen and oxygen atoms in total. The van der Waals surface area contributed by atoms with Crippen molar-refractivity contribution in [1.29, 1.82) is 0 Å². The molecule has 0 spiro atoms. The molecule has 1 aromatic rings. The molecule has 0 N–H and O–H groups in total. The van der Waals surface area contributed by atoms with Crippen LogP contribution < -0.4 is 0 Å². The van der Waals surface area contributed by atoms with Crippen LogP contribution in [0, 0.1) is 0 Å². The van der Waals surface area contributed by atoms with Crippen LogP contribution in [0.15, 0.2) is 47.4 Å². The van der Waals surface area contributed by atoms with E-state index >= 15 is 0 Å². The summed E-state index contributed by atoms with van der Waals surface area (Å²) in [6.45, 7) is 0. The summed E-state index contributed by atoms with van der Waals surface area (Å²) < 4.78 is 32.9. The fraction of sp³-hybridized carbons (Fsp3) is 0.429. The summed E-state index contributed by atoms with van der Waals surface area (Å²) in [7, 11) is -3.43. The highest BCUT2D eigenvalue weighted by atomic mass is 32.2. The Morgan fingerprint density at radius 3 is 2.79 bits per heavy atom. The van der Waals surface area contributed by atoms with Crippen molar-refractivity contribution in [2.24, 2.45) is 0 Å². The lowest BCUT2D eigenvalue weighted by Gasteiger charge is -2.39. The van der Waals surface area contributed by atoms with Crippen molar-refractivity contribution in [3.63, 3.8) is 0 Å². The van der Waals surface area contributed by atoms with Crippen LogP contribution in [0.2, 0.25) is 0 Å². The Hall–Kier alpha value is -1.17. The van der Waals surface area contributed by atoms with Gasteiger partial charge in [0.15, 0.2) is 0 Å². The maximum Gasteiger partial charge on any atom is 0.243 e. The monoisotopic (exact) mass is 277 g/mol. The van der Waals surface area contributed by atoms with Gasteiger partial charge in [0.1, 0.15) is 6.10 Å². The number of hydrogen-bond acceptors (Lipinski definition) is 3. The van der Waals surface area contributed by atoms with E-state index in [0.29, 0.717) is 4.90 Å². The number of sulfonamides is 1. The Morgan fingerprint density at radius 2 is 2.00 bits per heavy atom. The Labute approximate surface area is 112 Å². The molecule has 19 heavy (non-hydrogen) atoms. The van der Waals surface area contributed by atoms with Gasteiger partial charge in [-0.2, -0.15) is 4.31 Å². The van der Waals surface area contributed by atoms with Gasteiger partial charge >= 0.3 is 0 Å². The molecule has 2 saturated heterocycles. The van der Waals surface area contributed by atoms with Gasteiger partial charge in [-0.1, -0.05) is 30.4 Å². The largest absolute Gasteiger partial charge is 0.368 e. The Morgan fingerprint density at radius 1 is 1.21 bits per heavy atom.